The van der Waals surface area contributed by atoms with Crippen molar-refractivity contribution in [3.05, 3.63) is 23.5 Å². The van der Waals surface area contributed by atoms with Gasteiger partial charge in [-0.2, -0.15) is 0 Å². The summed E-state index contributed by atoms with van der Waals surface area (Å²) in [6.07, 6.45) is 4.62. The van der Waals surface area contributed by atoms with E-state index in [1.54, 1.807) is 12.4 Å². The maximum Gasteiger partial charge on any atom is 0.0822 e. The Kier molecular flexibility index (Phi) is 3.12. The molecule has 0 saturated carbocycles. The molecule has 4 heteroatoms. The number of hydrogen-bond donors (Lipinski definition) is 1. The van der Waals surface area contributed by atoms with Crippen molar-refractivity contribution in [1.82, 2.24) is 4.98 Å². The van der Waals surface area contributed by atoms with Gasteiger partial charge in [0.25, 0.3) is 0 Å². The summed E-state index contributed by atoms with van der Waals surface area (Å²) in [6.45, 7) is 3.97. The molecule has 2 heterocycles. The maximum absolute atomic E-state index is 6.13. The molecule has 2 rings (SSSR count). The van der Waals surface area contributed by atoms with E-state index in [1.807, 2.05) is 6.07 Å². The fraction of sp³-hybridized carbons (Fsp3) is 0.545. The van der Waals surface area contributed by atoms with E-state index in [0.717, 1.165) is 30.2 Å². The van der Waals surface area contributed by atoms with Gasteiger partial charge < -0.3 is 10.6 Å². The van der Waals surface area contributed by atoms with Crippen LogP contribution >= 0.6 is 11.6 Å². The van der Waals surface area contributed by atoms with Gasteiger partial charge in [-0.1, -0.05) is 11.6 Å². The average Bonchev–Trinajstić information content (AvgIpc) is 2.60. The number of halogens is 1. The Hall–Kier alpha value is -0.800. The quantitative estimate of drug-likeness (QED) is 0.836. The van der Waals surface area contributed by atoms with E-state index < -0.39 is 0 Å². The van der Waals surface area contributed by atoms with Crippen molar-refractivity contribution in [2.24, 2.45) is 11.7 Å². The monoisotopic (exact) mass is 225 g/mol. The predicted molar refractivity (Wildman–Crippen MR) is 63.2 cm³/mol. The minimum Gasteiger partial charge on any atom is -0.367 e. The molecule has 1 aromatic rings. The van der Waals surface area contributed by atoms with Crippen LogP contribution in [0.2, 0.25) is 5.02 Å². The summed E-state index contributed by atoms with van der Waals surface area (Å²) in [5.74, 6) is 0.587. The summed E-state index contributed by atoms with van der Waals surface area (Å²) in [5.41, 5.74) is 6.78. The summed E-state index contributed by atoms with van der Waals surface area (Å²) < 4.78 is 0. The highest BCUT2D eigenvalue weighted by atomic mass is 35.5. The maximum atomic E-state index is 6.13. The molecule has 1 aliphatic rings. The zero-order valence-corrected chi connectivity index (χ0v) is 9.61. The molecule has 1 fully saturated rings. The van der Waals surface area contributed by atoms with Gasteiger partial charge >= 0.3 is 0 Å². The SMILES string of the molecule is CC1CC(CN)CN1c1ccncc1Cl. The number of nitrogens with two attached hydrogens (primary N) is 1. The third-order valence-electron chi connectivity index (χ3n) is 3.06. The normalized spacial score (nSPS) is 25.9. The van der Waals surface area contributed by atoms with Crippen molar-refractivity contribution in [2.45, 2.75) is 19.4 Å². The Morgan fingerprint density at radius 2 is 2.47 bits per heavy atom. The van der Waals surface area contributed by atoms with Crippen molar-refractivity contribution in [3.63, 3.8) is 0 Å². The average molecular weight is 226 g/mol. The zero-order valence-electron chi connectivity index (χ0n) is 8.86. The highest BCUT2D eigenvalue weighted by molar-refractivity contribution is 6.33. The molecule has 0 amide bonds. The van der Waals surface area contributed by atoms with Crippen LogP contribution in [0.5, 0.6) is 0 Å². The van der Waals surface area contributed by atoms with Gasteiger partial charge in [0.2, 0.25) is 0 Å². The lowest BCUT2D eigenvalue weighted by atomic mass is 10.1. The van der Waals surface area contributed by atoms with E-state index in [0.29, 0.717) is 12.0 Å². The number of anilines is 1. The summed E-state index contributed by atoms with van der Waals surface area (Å²) >= 11 is 6.13. The lowest BCUT2D eigenvalue weighted by Crippen LogP contribution is -2.27. The topological polar surface area (TPSA) is 42.1 Å². The Labute approximate surface area is 95.2 Å². The lowest BCUT2D eigenvalue weighted by molar-refractivity contribution is 0.579. The van der Waals surface area contributed by atoms with E-state index in [4.69, 9.17) is 17.3 Å². The predicted octanol–water partition coefficient (Wildman–Crippen LogP) is 1.91. The number of hydrogen-bond acceptors (Lipinski definition) is 3. The molecule has 15 heavy (non-hydrogen) atoms. The number of nitrogens with zero attached hydrogens (tertiary/aromatic N) is 2. The van der Waals surface area contributed by atoms with Gasteiger partial charge in [-0.25, -0.2) is 0 Å². The van der Waals surface area contributed by atoms with Crippen LogP contribution in [-0.2, 0) is 0 Å². The number of aromatic nitrogens is 1. The van der Waals surface area contributed by atoms with Crippen LogP contribution < -0.4 is 10.6 Å². The fourth-order valence-electron chi connectivity index (χ4n) is 2.25. The van der Waals surface area contributed by atoms with Crippen molar-refractivity contribution < 1.29 is 0 Å². The van der Waals surface area contributed by atoms with Crippen LogP contribution in [0.3, 0.4) is 0 Å². The van der Waals surface area contributed by atoms with Gasteiger partial charge in [-0.3, -0.25) is 4.98 Å². The van der Waals surface area contributed by atoms with Crippen LogP contribution in [0.15, 0.2) is 18.5 Å². The molecule has 0 spiro atoms. The molecule has 1 saturated heterocycles. The van der Waals surface area contributed by atoms with E-state index >= 15 is 0 Å². The first kappa shape index (κ1) is 10.7. The zero-order chi connectivity index (χ0) is 10.8. The minimum absolute atomic E-state index is 0.512. The van der Waals surface area contributed by atoms with E-state index in [9.17, 15) is 0 Å². The van der Waals surface area contributed by atoms with Crippen molar-refractivity contribution in [2.75, 3.05) is 18.0 Å². The van der Waals surface area contributed by atoms with Gasteiger partial charge in [-0.15, -0.1) is 0 Å². The Balaban J connectivity index is 2.21. The van der Waals surface area contributed by atoms with Gasteiger partial charge in [0.05, 0.1) is 10.7 Å². The molecular weight excluding hydrogens is 210 g/mol. The minimum atomic E-state index is 0.512. The van der Waals surface area contributed by atoms with Crippen molar-refractivity contribution in [3.8, 4) is 0 Å². The second kappa shape index (κ2) is 4.37. The van der Waals surface area contributed by atoms with Crippen molar-refractivity contribution in [1.29, 1.82) is 0 Å². The first-order chi connectivity index (χ1) is 7.22. The van der Waals surface area contributed by atoms with Crippen LogP contribution in [-0.4, -0.2) is 24.1 Å². The first-order valence-electron chi connectivity index (χ1n) is 5.28. The summed E-state index contributed by atoms with van der Waals surface area (Å²) in [6, 6.07) is 2.48. The molecule has 3 nitrogen and oxygen atoms in total. The summed E-state index contributed by atoms with van der Waals surface area (Å²) in [5, 5.41) is 0.724. The second-order valence-corrected chi connectivity index (χ2v) is 4.57. The highest BCUT2D eigenvalue weighted by Crippen LogP contribution is 2.32. The molecule has 82 valence electrons. The molecule has 1 aromatic heterocycles. The Morgan fingerprint density at radius 3 is 3.07 bits per heavy atom. The highest BCUT2D eigenvalue weighted by Gasteiger charge is 2.29. The second-order valence-electron chi connectivity index (χ2n) is 4.17. The van der Waals surface area contributed by atoms with Gasteiger partial charge in [0.1, 0.15) is 0 Å². The Morgan fingerprint density at radius 1 is 1.67 bits per heavy atom. The molecule has 0 bridgehead atoms. The smallest absolute Gasteiger partial charge is 0.0822 e. The van der Waals surface area contributed by atoms with Crippen LogP contribution in [0, 0.1) is 5.92 Å². The number of rotatable bonds is 2. The van der Waals surface area contributed by atoms with E-state index in [1.165, 1.54) is 0 Å². The van der Waals surface area contributed by atoms with Crippen molar-refractivity contribution >= 4 is 17.3 Å². The van der Waals surface area contributed by atoms with Gasteiger partial charge in [0.15, 0.2) is 0 Å². The van der Waals surface area contributed by atoms with Crippen LogP contribution in [0.1, 0.15) is 13.3 Å². The molecule has 0 aromatic carbocycles. The number of pyridine rings is 1. The largest absolute Gasteiger partial charge is 0.367 e. The molecule has 2 N–H and O–H groups in total. The third kappa shape index (κ3) is 2.08. The molecule has 1 aliphatic heterocycles. The van der Waals surface area contributed by atoms with E-state index in [-0.39, 0.29) is 0 Å². The molecular formula is C11H16ClN3. The van der Waals surface area contributed by atoms with Crippen LogP contribution in [0.25, 0.3) is 0 Å². The molecule has 2 atom stereocenters. The lowest BCUT2D eigenvalue weighted by Gasteiger charge is -2.24. The fourth-order valence-corrected chi connectivity index (χ4v) is 2.48. The third-order valence-corrected chi connectivity index (χ3v) is 3.35. The van der Waals surface area contributed by atoms with E-state index in [2.05, 4.69) is 16.8 Å². The molecule has 0 aliphatic carbocycles. The van der Waals surface area contributed by atoms with Gasteiger partial charge in [0, 0.05) is 25.0 Å². The summed E-state index contributed by atoms with van der Waals surface area (Å²) in [7, 11) is 0. The van der Waals surface area contributed by atoms with Crippen LogP contribution in [0.4, 0.5) is 5.69 Å². The van der Waals surface area contributed by atoms with Gasteiger partial charge in [-0.05, 0) is 31.9 Å². The Bertz CT molecular complexity index is 342. The standard InChI is InChI=1S/C11H16ClN3/c1-8-4-9(5-13)7-15(8)11-2-3-14-6-10(11)12/h2-3,6,8-9H,4-5,7,13H2,1H3. The first-order valence-corrected chi connectivity index (χ1v) is 5.66. The molecule has 0 radical (unpaired) electrons. The molecule has 2 unspecified atom stereocenters. The summed E-state index contributed by atoms with van der Waals surface area (Å²) in [4.78, 5) is 6.32.